The Morgan fingerprint density at radius 3 is 2.46 bits per heavy atom. The third-order valence-corrected chi connectivity index (χ3v) is 7.96. The highest BCUT2D eigenvalue weighted by molar-refractivity contribution is 7.15. The molecule has 0 atom stereocenters. The molecule has 4 aromatic rings. The molecule has 1 aliphatic heterocycles. The van der Waals surface area contributed by atoms with Gasteiger partial charge in [0.25, 0.3) is 11.8 Å². The predicted octanol–water partition coefficient (Wildman–Crippen LogP) is 5.37. The predicted molar refractivity (Wildman–Crippen MR) is 147 cm³/mol. The maximum absolute atomic E-state index is 13.5. The molecule has 2 aromatic carbocycles. The van der Waals surface area contributed by atoms with Crippen LogP contribution in [0, 0.1) is 17.1 Å². The first-order chi connectivity index (χ1) is 18.8. The van der Waals surface area contributed by atoms with Gasteiger partial charge in [0.05, 0.1) is 29.1 Å². The molecule has 0 aliphatic carbocycles. The number of aromatic nitrogens is 3. The molecule has 198 valence electrons. The monoisotopic (exact) mass is 542 g/mol. The summed E-state index contributed by atoms with van der Waals surface area (Å²) < 4.78 is 13.5. The van der Waals surface area contributed by atoms with Crippen molar-refractivity contribution < 1.29 is 14.0 Å². The van der Waals surface area contributed by atoms with Gasteiger partial charge in [-0.05, 0) is 81.1 Å². The zero-order chi connectivity index (χ0) is 27.5. The van der Waals surface area contributed by atoms with Crippen molar-refractivity contribution in [2.45, 2.75) is 38.6 Å². The van der Waals surface area contributed by atoms with Gasteiger partial charge in [-0.25, -0.2) is 9.37 Å². The molecule has 8 nitrogen and oxygen atoms in total. The third kappa shape index (κ3) is 5.59. The van der Waals surface area contributed by atoms with E-state index in [1.54, 1.807) is 42.6 Å². The number of aromatic amines is 1. The fraction of sp³-hybridized carbons (Fsp3) is 0.276. The van der Waals surface area contributed by atoms with Crippen molar-refractivity contribution in [1.29, 1.82) is 5.26 Å². The molecular formula is C29H27FN6O2S. The van der Waals surface area contributed by atoms with Crippen LogP contribution in [0.3, 0.4) is 0 Å². The van der Waals surface area contributed by atoms with Gasteiger partial charge in [-0.2, -0.15) is 10.4 Å². The van der Waals surface area contributed by atoms with Gasteiger partial charge in [0.2, 0.25) is 0 Å². The van der Waals surface area contributed by atoms with Gasteiger partial charge >= 0.3 is 0 Å². The number of hydrogen-bond donors (Lipinski definition) is 2. The number of carbonyl (C=O) groups is 2. The summed E-state index contributed by atoms with van der Waals surface area (Å²) in [6.07, 6.45) is 3.06. The van der Waals surface area contributed by atoms with Crippen molar-refractivity contribution in [2.24, 2.45) is 0 Å². The number of halogens is 1. The van der Waals surface area contributed by atoms with Crippen LogP contribution in [0.2, 0.25) is 0 Å². The lowest BCUT2D eigenvalue weighted by molar-refractivity contribution is 0.0712. The lowest BCUT2D eigenvalue weighted by atomic mass is 9.93. The first kappa shape index (κ1) is 26.3. The van der Waals surface area contributed by atoms with E-state index in [1.807, 2.05) is 18.7 Å². The maximum atomic E-state index is 13.5. The summed E-state index contributed by atoms with van der Waals surface area (Å²) in [6, 6.07) is 14.8. The van der Waals surface area contributed by atoms with E-state index in [1.165, 1.54) is 23.5 Å². The molecule has 39 heavy (non-hydrogen) atoms. The molecule has 0 bridgehead atoms. The maximum Gasteiger partial charge on any atom is 0.271 e. The van der Waals surface area contributed by atoms with Crippen molar-refractivity contribution in [1.82, 2.24) is 25.4 Å². The Hall–Kier alpha value is -4.36. The molecule has 2 aromatic heterocycles. The SMILES string of the molecule is CC(C)NC(=O)c1nc(-c2cn[nH]c2-c2ccc(F)cc2)sc1C1CCN(C(=O)c2ccc(C#N)cc2)CC1. The number of piperidine rings is 1. The molecule has 1 fully saturated rings. The number of thiazole rings is 1. The van der Waals surface area contributed by atoms with Gasteiger partial charge in [0.15, 0.2) is 0 Å². The minimum Gasteiger partial charge on any atom is -0.348 e. The van der Waals surface area contributed by atoms with Crippen LogP contribution < -0.4 is 5.32 Å². The van der Waals surface area contributed by atoms with Crippen molar-refractivity contribution in [3.8, 4) is 27.9 Å². The second-order valence-electron chi connectivity index (χ2n) is 9.78. The third-order valence-electron chi connectivity index (χ3n) is 6.70. The molecule has 10 heteroatoms. The fourth-order valence-corrected chi connectivity index (χ4v) is 5.96. The number of hydrogen-bond acceptors (Lipinski definition) is 6. The number of carbonyl (C=O) groups excluding carboxylic acids is 2. The van der Waals surface area contributed by atoms with Crippen LogP contribution in [0.1, 0.15) is 63.9 Å². The van der Waals surface area contributed by atoms with E-state index >= 15 is 0 Å². The number of rotatable bonds is 6. The second kappa shape index (κ2) is 11.2. The fourth-order valence-electron chi connectivity index (χ4n) is 4.72. The molecule has 0 unspecified atom stereocenters. The number of nitriles is 1. The highest BCUT2D eigenvalue weighted by atomic mass is 32.1. The summed E-state index contributed by atoms with van der Waals surface area (Å²) >= 11 is 1.46. The molecular weight excluding hydrogens is 515 g/mol. The topological polar surface area (TPSA) is 115 Å². The van der Waals surface area contributed by atoms with Crippen LogP contribution in [0.25, 0.3) is 21.8 Å². The van der Waals surface area contributed by atoms with Crippen LogP contribution in [0.5, 0.6) is 0 Å². The van der Waals surface area contributed by atoms with Crippen LogP contribution in [0.4, 0.5) is 4.39 Å². The molecule has 2 N–H and O–H groups in total. The van der Waals surface area contributed by atoms with Crippen molar-refractivity contribution in [3.05, 3.63) is 82.2 Å². The van der Waals surface area contributed by atoms with Crippen LogP contribution >= 0.6 is 11.3 Å². The lowest BCUT2D eigenvalue weighted by Crippen LogP contribution is -2.38. The summed E-state index contributed by atoms with van der Waals surface area (Å²) in [7, 11) is 0. The Bertz CT molecular complexity index is 1530. The zero-order valence-corrected chi connectivity index (χ0v) is 22.4. The number of H-pyrrole nitrogens is 1. The van der Waals surface area contributed by atoms with Gasteiger partial charge < -0.3 is 10.2 Å². The summed E-state index contributed by atoms with van der Waals surface area (Å²) in [5.41, 5.74) is 3.67. The molecule has 0 radical (unpaired) electrons. The van der Waals surface area contributed by atoms with Gasteiger partial charge in [-0.3, -0.25) is 14.7 Å². The van der Waals surface area contributed by atoms with E-state index in [0.717, 1.165) is 16.0 Å². The number of nitrogens with one attached hydrogen (secondary N) is 2. The van der Waals surface area contributed by atoms with Crippen LogP contribution in [0.15, 0.2) is 54.7 Å². The van der Waals surface area contributed by atoms with Gasteiger partial charge in [0.1, 0.15) is 16.5 Å². The average Bonchev–Trinajstić information content (AvgIpc) is 3.61. The van der Waals surface area contributed by atoms with E-state index < -0.39 is 0 Å². The van der Waals surface area contributed by atoms with Crippen LogP contribution in [-0.2, 0) is 0 Å². The first-order valence-corrected chi connectivity index (χ1v) is 13.6. The van der Waals surface area contributed by atoms with Crippen molar-refractivity contribution in [3.63, 3.8) is 0 Å². The second-order valence-corrected chi connectivity index (χ2v) is 10.8. The summed E-state index contributed by atoms with van der Waals surface area (Å²) in [5.74, 6) is -0.559. The summed E-state index contributed by atoms with van der Waals surface area (Å²) in [4.78, 5) is 33.7. The zero-order valence-electron chi connectivity index (χ0n) is 21.6. The summed E-state index contributed by atoms with van der Waals surface area (Å²) in [6.45, 7) is 4.91. The van der Waals surface area contributed by atoms with E-state index in [2.05, 4.69) is 21.6 Å². The average molecular weight is 543 g/mol. The number of benzene rings is 2. The number of amides is 2. The standard InChI is InChI=1S/C29H27FN6O2S/c1-17(2)33-27(37)25-26(20-11-13-36(14-12-20)29(38)21-5-3-18(15-31)4-6-21)39-28(34-25)23-16-32-35-24(23)19-7-9-22(30)10-8-19/h3-10,16-17,20H,11-14H2,1-2H3,(H,32,35)(H,33,37). The Balaban J connectivity index is 1.40. The Morgan fingerprint density at radius 2 is 1.82 bits per heavy atom. The molecule has 0 spiro atoms. The van der Waals surface area contributed by atoms with Crippen LogP contribution in [-0.4, -0.2) is 51.0 Å². The van der Waals surface area contributed by atoms with E-state index in [0.29, 0.717) is 53.5 Å². The molecule has 2 amide bonds. The number of likely N-dealkylation sites (tertiary alicyclic amines) is 1. The van der Waals surface area contributed by atoms with Crippen molar-refractivity contribution >= 4 is 23.2 Å². The minimum absolute atomic E-state index is 0.0499. The lowest BCUT2D eigenvalue weighted by Gasteiger charge is -2.32. The smallest absolute Gasteiger partial charge is 0.271 e. The molecule has 5 rings (SSSR count). The Morgan fingerprint density at radius 1 is 1.13 bits per heavy atom. The molecule has 1 aliphatic rings. The van der Waals surface area contributed by atoms with E-state index in [-0.39, 0.29) is 29.6 Å². The Kier molecular flexibility index (Phi) is 7.52. The Labute approximate surface area is 229 Å². The molecule has 1 saturated heterocycles. The van der Waals surface area contributed by atoms with Crippen molar-refractivity contribution in [2.75, 3.05) is 13.1 Å². The van der Waals surface area contributed by atoms with E-state index in [4.69, 9.17) is 10.2 Å². The highest BCUT2D eigenvalue weighted by Crippen LogP contribution is 2.40. The molecule has 0 saturated carbocycles. The van der Waals surface area contributed by atoms with E-state index in [9.17, 15) is 14.0 Å². The highest BCUT2D eigenvalue weighted by Gasteiger charge is 2.31. The number of nitrogens with zero attached hydrogens (tertiary/aromatic N) is 4. The first-order valence-electron chi connectivity index (χ1n) is 12.7. The largest absolute Gasteiger partial charge is 0.348 e. The quantitative estimate of drug-likeness (QED) is 0.340. The normalized spacial score (nSPS) is 13.9. The van der Waals surface area contributed by atoms with Gasteiger partial charge in [-0.15, -0.1) is 11.3 Å². The molecule has 3 heterocycles. The minimum atomic E-state index is -0.326. The van der Waals surface area contributed by atoms with Gasteiger partial charge in [0, 0.05) is 35.1 Å². The summed E-state index contributed by atoms with van der Waals surface area (Å²) in [5, 5.41) is 19.8. The van der Waals surface area contributed by atoms with Gasteiger partial charge in [-0.1, -0.05) is 0 Å².